The molecule has 132 valence electrons. The van der Waals surface area contributed by atoms with Crippen molar-refractivity contribution < 1.29 is 4.79 Å². The van der Waals surface area contributed by atoms with E-state index in [0.29, 0.717) is 11.7 Å². The van der Waals surface area contributed by atoms with Crippen LogP contribution in [-0.4, -0.2) is 58.1 Å². The maximum Gasteiger partial charge on any atom is 0.274 e. The minimum absolute atomic E-state index is 0.0207. The van der Waals surface area contributed by atoms with Gasteiger partial charge in [-0.05, 0) is 32.4 Å². The summed E-state index contributed by atoms with van der Waals surface area (Å²) in [7, 11) is 0. The molecule has 2 aromatic rings. The SMILES string of the molecule is C/C(=C\c1ccccc1)CN1CCN(C(=O)c2cc(C)[nH]n2)C[C@H]1C. The zero-order valence-corrected chi connectivity index (χ0v) is 15.2. The second-order valence-corrected chi connectivity index (χ2v) is 6.91. The normalized spacial score (nSPS) is 19.2. The number of carbonyl (C=O) groups is 1. The third kappa shape index (κ3) is 4.37. The van der Waals surface area contributed by atoms with Crippen molar-refractivity contribution >= 4 is 12.0 Å². The molecule has 2 heterocycles. The van der Waals surface area contributed by atoms with Crippen LogP contribution in [0.3, 0.4) is 0 Å². The monoisotopic (exact) mass is 338 g/mol. The summed E-state index contributed by atoms with van der Waals surface area (Å²) in [5.74, 6) is 0.0207. The van der Waals surface area contributed by atoms with E-state index in [0.717, 1.165) is 31.9 Å². The van der Waals surface area contributed by atoms with Gasteiger partial charge in [-0.3, -0.25) is 14.8 Å². The Labute approximate surface area is 149 Å². The van der Waals surface area contributed by atoms with Crippen molar-refractivity contribution in [2.24, 2.45) is 0 Å². The van der Waals surface area contributed by atoms with E-state index in [9.17, 15) is 4.79 Å². The molecule has 0 saturated carbocycles. The van der Waals surface area contributed by atoms with Gasteiger partial charge in [0.15, 0.2) is 0 Å². The van der Waals surface area contributed by atoms with Crippen LogP contribution < -0.4 is 0 Å². The largest absolute Gasteiger partial charge is 0.334 e. The third-order valence-electron chi connectivity index (χ3n) is 4.64. The smallest absolute Gasteiger partial charge is 0.274 e. The van der Waals surface area contributed by atoms with Crippen LogP contribution in [0.2, 0.25) is 0 Å². The first-order valence-electron chi connectivity index (χ1n) is 8.80. The topological polar surface area (TPSA) is 52.2 Å². The highest BCUT2D eigenvalue weighted by atomic mass is 16.2. The number of hydrogen-bond donors (Lipinski definition) is 1. The van der Waals surface area contributed by atoms with Gasteiger partial charge < -0.3 is 4.90 Å². The van der Waals surface area contributed by atoms with Gasteiger partial charge in [0, 0.05) is 37.9 Å². The summed E-state index contributed by atoms with van der Waals surface area (Å²) in [5, 5.41) is 6.93. The molecule has 3 rings (SSSR count). The van der Waals surface area contributed by atoms with Crippen LogP contribution in [0, 0.1) is 6.92 Å². The number of hydrogen-bond acceptors (Lipinski definition) is 3. The Morgan fingerprint density at radius 2 is 2.08 bits per heavy atom. The van der Waals surface area contributed by atoms with Crippen LogP contribution in [0.25, 0.3) is 6.08 Å². The molecule has 1 saturated heterocycles. The number of benzene rings is 1. The zero-order valence-electron chi connectivity index (χ0n) is 15.2. The Balaban J connectivity index is 1.58. The highest BCUT2D eigenvalue weighted by Crippen LogP contribution is 2.15. The number of rotatable bonds is 4. The van der Waals surface area contributed by atoms with Gasteiger partial charge in [0.05, 0.1) is 0 Å². The van der Waals surface area contributed by atoms with Crippen molar-refractivity contribution in [3.63, 3.8) is 0 Å². The molecule has 0 bridgehead atoms. The molecular weight excluding hydrogens is 312 g/mol. The molecule has 0 spiro atoms. The summed E-state index contributed by atoms with van der Waals surface area (Å²) in [4.78, 5) is 16.9. The summed E-state index contributed by atoms with van der Waals surface area (Å²) in [6, 6.07) is 12.5. The molecule has 1 N–H and O–H groups in total. The highest BCUT2D eigenvalue weighted by Gasteiger charge is 2.28. The molecule has 25 heavy (non-hydrogen) atoms. The minimum atomic E-state index is 0.0207. The van der Waals surface area contributed by atoms with Crippen molar-refractivity contribution in [1.29, 1.82) is 0 Å². The van der Waals surface area contributed by atoms with Gasteiger partial charge in [0.2, 0.25) is 0 Å². The Morgan fingerprint density at radius 1 is 1.32 bits per heavy atom. The van der Waals surface area contributed by atoms with Crippen molar-refractivity contribution in [2.75, 3.05) is 26.2 Å². The average molecular weight is 338 g/mol. The van der Waals surface area contributed by atoms with Gasteiger partial charge in [0.1, 0.15) is 5.69 Å². The maximum atomic E-state index is 12.5. The van der Waals surface area contributed by atoms with Gasteiger partial charge in [0.25, 0.3) is 5.91 Å². The van der Waals surface area contributed by atoms with Crippen LogP contribution >= 0.6 is 0 Å². The maximum absolute atomic E-state index is 12.5. The number of nitrogens with zero attached hydrogens (tertiary/aromatic N) is 3. The predicted molar refractivity (Wildman–Crippen MR) is 100 cm³/mol. The first kappa shape index (κ1) is 17.4. The predicted octanol–water partition coefficient (Wildman–Crippen LogP) is 2.97. The molecule has 1 aromatic heterocycles. The lowest BCUT2D eigenvalue weighted by molar-refractivity contribution is 0.0532. The molecule has 1 atom stereocenters. The van der Waals surface area contributed by atoms with E-state index in [2.05, 4.69) is 59.3 Å². The number of aromatic amines is 1. The average Bonchev–Trinajstić information content (AvgIpc) is 3.03. The number of aromatic nitrogens is 2. The van der Waals surface area contributed by atoms with Gasteiger partial charge in [-0.1, -0.05) is 42.0 Å². The summed E-state index contributed by atoms with van der Waals surface area (Å²) in [6.45, 7) is 9.56. The van der Waals surface area contributed by atoms with Crippen molar-refractivity contribution in [3.05, 3.63) is 58.9 Å². The lowest BCUT2D eigenvalue weighted by atomic mass is 10.1. The van der Waals surface area contributed by atoms with Crippen molar-refractivity contribution in [2.45, 2.75) is 26.8 Å². The third-order valence-corrected chi connectivity index (χ3v) is 4.64. The molecule has 1 aromatic carbocycles. The van der Waals surface area contributed by atoms with Crippen molar-refractivity contribution in [3.8, 4) is 0 Å². The Bertz CT molecular complexity index is 750. The Hall–Kier alpha value is -2.40. The van der Waals surface area contributed by atoms with Crippen LogP contribution in [0.5, 0.6) is 0 Å². The standard InChI is InChI=1S/C20H26N4O/c1-15(11-18-7-5-4-6-8-18)13-23-9-10-24(14-17(23)3)20(25)19-12-16(2)21-22-19/h4-8,11-12,17H,9-10,13-14H2,1-3H3,(H,21,22)/b15-11+/t17-/m1/s1. The number of carbonyl (C=O) groups excluding carboxylic acids is 1. The van der Waals surface area contributed by atoms with E-state index >= 15 is 0 Å². The second kappa shape index (κ2) is 7.66. The van der Waals surface area contributed by atoms with Crippen LogP contribution in [0.4, 0.5) is 0 Å². The van der Waals surface area contributed by atoms with E-state index < -0.39 is 0 Å². The van der Waals surface area contributed by atoms with Crippen LogP contribution in [-0.2, 0) is 0 Å². The zero-order chi connectivity index (χ0) is 17.8. The number of nitrogens with one attached hydrogen (secondary N) is 1. The number of amides is 1. The van der Waals surface area contributed by atoms with E-state index in [-0.39, 0.29) is 5.91 Å². The molecule has 5 heteroatoms. The number of piperazine rings is 1. The first-order valence-corrected chi connectivity index (χ1v) is 8.80. The quantitative estimate of drug-likeness (QED) is 0.932. The molecule has 1 aliphatic rings. The van der Waals surface area contributed by atoms with Crippen LogP contribution in [0.1, 0.15) is 35.6 Å². The van der Waals surface area contributed by atoms with E-state index in [4.69, 9.17) is 0 Å². The summed E-state index contributed by atoms with van der Waals surface area (Å²) in [6.07, 6.45) is 2.23. The fourth-order valence-corrected chi connectivity index (χ4v) is 3.30. The molecule has 5 nitrogen and oxygen atoms in total. The van der Waals surface area contributed by atoms with Gasteiger partial charge in [-0.25, -0.2) is 0 Å². The fourth-order valence-electron chi connectivity index (χ4n) is 3.30. The van der Waals surface area contributed by atoms with Gasteiger partial charge in [-0.15, -0.1) is 0 Å². The minimum Gasteiger partial charge on any atom is -0.334 e. The van der Waals surface area contributed by atoms with E-state index in [1.807, 2.05) is 24.0 Å². The molecule has 0 aliphatic carbocycles. The fraction of sp³-hybridized carbons (Fsp3) is 0.400. The first-order chi connectivity index (χ1) is 12.0. The van der Waals surface area contributed by atoms with E-state index in [1.165, 1.54) is 11.1 Å². The Kier molecular flexibility index (Phi) is 5.34. The summed E-state index contributed by atoms with van der Waals surface area (Å²) >= 11 is 0. The van der Waals surface area contributed by atoms with E-state index in [1.54, 1.807) is 0 Å². The number of H-pyrrole nitrogens is 1. The molecule has 1 fully saturated rings. The lowest BCUT2D eigenvalue weighted by Gasteiger charge is -2.39. The molecule has 0 radical (unpaired) electrons. The lowest BCUT2D eigenvalue weighted by Crippen LogP contribution is -2.53. The van der Waals surface area contributed by atoms with Crippen molar-refractivity contribution in [1.82, 2.24) is 20.0 Å². The van der Waals surface area contributed by atoms with Gasteiger partial charge >= 0.3 is 0 Å². The molecular formula is C20H26N4O. The number of aryl methyl sites for hydroxylation is 1. The Morgan fingerprint density at radius 3 is 2.72 bits per heavy atom. The highest BCUT2D eigenvalue weighted by molar-refractivity contribution is 5.92. The molecule has 1 amide bonds. The molecule has 0 unspecified atom stereocenters. The summed E-state index contributed by atoms with van der Waals surface area (Å²) < 4.78 is 0. The van der Waals surface area contributed by atoms with Crippen LogP contribution in [0.15, 0.2) is 42.0 Å². The summed E-state index contributed by atoms with van der Waals surface area (Å²) in [5.41, 5.74) is 3.99. The van der Waals surface area contributed by atoms with Gasteiger partial charge in [-0.2, -0.15) is 5.10 Å². The molecule has 1 aliphatic heterocycles. The second-order valence-electron chi connectivity index (χ2n) is 6.91.